The quantitative estimate of drug-likeness (QED) is 0.879. The van der Waals surface area contributed by atoms with Crippen LogP contribution in [0.1, 0.15) is 44.7 Å². The van der Waals surface area contributed by atoms with E-state index < -0.39 is 0 Å². The lowest BCUT2D eigenvalue weighted by molar-refractivity contribution is 0.117. The molecule has 0 unspecified atom stereocenters. The van der Waals surface area contributed by atoms with Crippen LogP contribution >= 0.6 is 0 Å². The fraction of sp³-hybridized carbons (Fsp3) is 0.556. The molecule has 110 valence electrons. The van der Waals surface area contributed by atoms with E-state index >= 15 is 0 Å². The van der Waals surface area contributed by atoms with Crippen LogP contribution in [0.5, 0.6) is 0 Å². The number of hydrogen-bond donors (Lipinski definition) is 1. The van der Waals surface area contributed by atoms with E-state index in [1.165, 1.54) is 11.1 Å². The first-order chi connectivity index (χ1) is 9.63. The van der Waals surface area contributed by atoms with Crippen molar-refractivity contribution in [1.82, 2.24) is 10.2 Å². The van der Waals surface area contributed by atoms with Gasteiger partial charge in [-0.25, -0.2) is 0 Å². The number of nitrogens with zero attached hydrogens (tertiary/aromatic N) is 1. The Bertz CT molecular complexity index is 442. The van der Waals surface area contributed by atoms with Crippen molar-refractivity contribution >= 4 is 0 Å². The van der Waals surface area contributed by atoms with Crippen LogP contribution in [0, 0.1) is 0 Å². The Kier molecular flexibility index (Phi) is 4.87. The molecule has 1 heterocycles. The molecule has 0 saturated carbocycles. The molecule has 0 aliphatic carbocycles. The number of benzene rings is 1. The first-order valence-corrected chi connectivity index (χ1v) is 7.84. The maximum Gasteiger partial charge on any atom is 0.0646 e. The van der Waals surface area contributed by atoms with Gasteiger partial charge in [-0.2, -0.15) is 0 Å². The molecule has 1 aliphatic rings. The fourth-order valence-corrected chi connectivity index (χ4v) is 3.40. The molecule has 2 rings (SSSR count). The van der Waals surface area contributed by atoms with E-state index in [9.17, 15) is 0 Å². The molecule has 1 aromatic rings. The van der Waals surface area contributed by atoms with Gasteiger partial charge in [-0.3, -0.25) is 0 Å². The fourth-order valence-electron chi connectivity index (χ4n) is 3.40. The second kappa shape index (κ2) is 6.45. The maximum atomic E-state index is 3.91. The van der Waals surface area contributed by atoms with Crippen molar-refractivity contribution in [3.05, 3.63) is 48.2 Å². The van der Waals surface area contributed by atoms with Crippen LogP contribution < -0.4 is 5.32 Å². The molecule has 0 aromatic heterocycles. The molecule has 1 aromatic carbocycles. The molecule has 0 spiro atoms. The van der Waals surface area contributed by atoms with Gasteiger partial charge in [0.05, 0.1) is 5.54 Å². The summed E-state index contributed by atoms with van der Waals surface area (Å²) in [5, 5.41) is 3.59. The van der Waals surface area contributed by atoms with E-state index in [-0.39, 0.29) is 5.54 Å². The summed E-state index contributed by atoms with van der Waals surface area (Å²) in [6.45, 7) is 13.0. The Morgan fingerprint density at radius 2 is 1.95 bits per heavy atom. The van der Waals surface area contributed by atoms with E-state index in [0.717, 1.165) is 32.4 Å². The summed E-state index contributed by atoms with van der Waals surface area (Å²) in [5.41, 5.74) is 2.99. The maximum absolute atomic E-state index is 3.91. The van der Waals surface area contributed by atoms with Crippen LogP contribution in [0.3, 0.4) is 0 Å². The zero-order chi connectivity index (χ0) is 14.6. The standard InChI is InChI=1S/C18H28N2/c1-5-16-9-7-8-10-17(16)18(19-6-2)11-13-20(14-12-18)15(3)4/h6-10,15,19H,2,5,11-14H2,1,3-4H3. The smallest absolute Gasteiger partial charge is 0.0646 e. The Labute approximate surface area is 123 Å². The first kappa shape index (κ1) is 15.1. The van der Waals surface area contributed by atoms with E-state index in [2.05, 4.69) is 61.8 Å². The summed E-state index contributed by atoms with van der Waals surface area (Å²) < 4.78 is 0. The molecule has 1 N–H and O–H groups in total. The zero-order valence-electron chi connectivity index (χ0n) is 13.2. The van der Waals surface area contributed by atoms with Gasteiger partial charge in [-0.1, -0.05) is 37.8 Å². The van der Waals surface area contributed by atoms with E-state index in [0.29, 0.717) is 6.04 Å². The number of piperidine rings is 1. The molecule has 1 aliphatic heterocycles. The lowest BCUT2D eigenvalue weighted by Crippen LogP contribution is -2.51. The highest BCUT2D eigenvalue weighted by Gasteiger charge is 2.36. The molecular weight excluding hydrogens is 244 g/mol. The molecule has 20 heavy (non-hydrogen) atoms. The average Bonchev–Trinajstić information content (AvgIpc) is 2.48. The van der Waals surface area contributed by atoms with Gasteiger partial charge in [-0.05, 0) is 50.4 Å². The van der Waals surface area contributed by atoms with Crippen LogP contribution in [0.15, 0.2) is 37.0 Å². The molecule has 0 radical (unpaired) electrons. The monoisotopic (exact) mass is 272 g/mol. The van der Waals surface area contributed by atoms with Crippen molar-refractivity contribution in [2.24, 2.45) is 0 Å². The second-order valence-electron chi connectivity index (χ2n) is 6.07. The molecule has 0 atom stereocenters. The Morgan fingerprint density at radius 1 is 1.30 bits per heavy atom. The molecule has 2 nitrogen and oxygen atoms in total. The van der Waals surface area contributed by atoms with Crippen molar-refractivity contribution in [3.8, 4) is 0 Å². The van der Waals surface area contributed by atoms with Crippen LogP contribution in [-0.4, -0.2) is 24.0 Å². The van der Waals surface area contributed by atoms with Crippen molar-refractivity contribution in [2.75, 3.05) is 13.1 Å². The minimum Gasteiger partial charge on any atom is -0.382 e. The SMILES string of the molecule is C=CNC1(c2ccccc2CC)CCN(C(C)C)CC1. The second-order valence-corrected chi connectivity index (χ2v) is 6.07. The van der Waals surface area contributed by atoms with Gasteiger partial charge in [0.25, 0.3) is 0 Å². The molecule has 1 fully saturated rings. The van der Waals surface area contributed by atoms with E-state index in [1.54, 1.807) is 0 Å². The van der Waals surface area contributed by atoms with Crippen molar-refractivity contribution in [1.29, 1.82) is 0 Å². The number of rotatable bonds is 5. The molecule has 0 bridgehead atoms. The average molecular weight is 272 g/mol. The lowest BCUT2D eigenvalue weighted by Gasteiger charge is -2.44. The summed E-state index contributed by atoms with van der Waals surface area (Å²) in [5.74, 6) is 0. The summed E-state index contributed by atoms with van der Waals surface area (Å²) in [6.07, 6.45) is 5.25. The van der Waals surface area contributed by atoms with Gasteiger partial charge in [0, 0.05) is 19.1 Å². The van der Waals surface area contributed by atoms with Crippen LogP contribution in [0.4, 0.5) is 0 Å². The van der Waals surface area contributed by atoms with Crippen molar-refractivity contribution in [2.45, 2.75) is 51.6 Å². The van der Waals surface area contributed by atoms with Gasteiger partial charge < -0.3 is 10.2 Å². The van der Waals surface area contributed by atoms with Crippen molar-refractivity contribution < 1.29 is 0 Å². The topological polar surface area (TPSA) is 15.3 Å². The van der Waals surface area contributed by atoms with Crippen molar-refractivity contribution in [3.63, 3.8) is 0 Å². The summed E-state index contributed by atoms with van der Waals surface area (Å²) in [4.78, 5) is 2.57. The number of aryl methyl sites for hydroxylation is 1. The Hall–Kier alpha value is -1.28. The van der Waals surface area contributed by atoms with Gasteiger partial charge >= 0.3 is 0 Å². The largest absolute Gasteiger partial charge is 0.382 e. The first-order valence-electron chi connectivity index (χ1n) is 7.84. The summed E-state index contributed by atoms with van der Waals surface area (Å²) in [7, 11) is 0. The van der Waals surface area contributed by atoms with E-state index in [1.807, 2.05) is 6.20 Å². The van der Waals surface area contributed by atoms with E-state index in [4.69, 9.17) is 0 Å². The molecule has 2 heteroatoms. The molecule has 1 saturated heterocycles. The van der Waals surface area contributed by atoms with Crippen LogP contribution in [0.25, 0.3) is 0 Å². The molecule has 0 amide bonds. The minimum absolute atomic E-state index is 0.0692. The van der Waals surface area contributed by atoms with Gasteiger partial charge in [-0.15, -0.1) is 0 Å². The Morgan fingerprint density at radius 3 is 2.50 bits per heavy atom. The summed E-state index contributed by atoms with van der Waals surface area (Å²) in [6, 6.07) is 9.50. The normalized spacial score (nSPS) is 19.0. The predicted molar refractivity (Wildman–Crippen MR) is 86.8 cm³/mol. The number of hydrogen-bond acceptors (Lipinski definition) is 2. The highest BCUT2D eigenvalue weighted by Crippen LogP contribution is 2.35. The predicted octanol–water partition coefficient (Wildman–Crippen LogP) is 3.68. The Balaban J connectivity index is 2.29. The third kappa shape index (κ3) is 2.90. The lowest BCUT2D eigenvalue weighted by atomic mass is 9.78. The third-order valence-corrected chi connectivity index (χ3v) is 4.67. The zero-order valence-corrected chi connectivity index (χ0v) is 13.2. The number of likely N-dealkylation sites (tertiary alicyclic amines) is 1. The highest BCUT2D eigenvalue weighted by molar-refractivity contribution is 5.35. The van der Waals surface area contributed by atoms with Gasteiger partial charge in [0.2, 0.25) is 0 Å². The van der Waals surface area contributed by atoms with Gasteiger partial charge in [0.15, 0.2) is 0 Å². The van der Waals surface area contributed by atoms with Crippen LogP contribution in [0.2, 0.25) is 0 Å². The summed E-state index contributed by atoms with van der Waals surface area (Å²) >= 11 is 0. The van der Waals surface area contributed by atoms with Gasteiger partial charge in [0.1, 0.15) is 0 Å². The third-order valence-electron chi connectivity index (χ3n) is 4.67. The highest BCUT2D eigenvalue weighted by atomic mass is 15.2. The van der Waals surface area contributed by atoms with Crippen LogP contribution in [-0.2, 0) is 12.0 Å². The minimum atomic E-state index is 0.0692. The molecular formula is C18H28N2. The number of nitrogens with one attached hydrogen (secondary N) is 1.